The summed E-state index contributed by atoms with van der Waals surface area (Å²) >= 11 is 1.23. The van der Waals surface area contributed by atoms with Crippen molar-refractivity contribution in [2.75, 3.05) is 5.75 Å². The molecule has 0 radical (unpaired) electrons. The molecule has 0 bridgehead atoms. The van der Waals surface area contributed by atoms with Gasteiger partial charge in [-0.2, -0.15) is 0 Å². The van der Waals surface area contributed by atoms with Crippen molar-refractivity contribution in [3.8, 4) is 0 Å². The molecular formula is C7H9N3O2S. The number of aliphatic carboxylic acids is 1. The predicted molar refractivity (Wildman–Crippen MR) is 48.4 cm³/mol. The zero-order valence-corrected chi connectivity index (χ0v) is 7.57. The first-order valence-electron chi connectivity index (χ1n) is 3.58. The van der Waals surface area contributed by atoms with Crippen molar-refractivity contribution in [1.82, 2.24) is 9.97 Å². The number of hydrogen-bond acceptors (Lipinski definition) is 5. The molecule has 1 rings (SSSR count). The van der Waals surface area contributed by atoms with Crippen LogP contribution in [0.1, 0.15) is 0 Å². The lowest BCUT2D eigenvalue weighted by Crippen LogP contribution is -2.32. The standard InChI is InChI=1S/C7H9N3O2S/c8-5(6(11)12)4-13-7-9-2-1-3-10-7/h1-3,5H,4,8H2,(H,11,12). The van der Waals surface area contributed by atoms with Gasteiger partial charge in [0.2, 0.25) is 0 Å². The third-order valence-corrected chi connectivity index (χ3v) is 2.25. The third-order valence-electron chi connectivity index (χ3n) is 1.25. The quantitative estimate of drug-likeness (QED) is 0.523. The van der Waals surface area contributed by atoms with Crippen LogP contribution in [-0.2, 0) is 4.79 Å². The van der Waals surface area contributed by atoms with E-state index in [4.69, 9.17) is 10.8 Å². The molecule has 0 aliphatic rings. The number of carbonyl (C=O) groups is 1. The molecule has 0 aliphatic heterocycles. The summed E-state index contributed by atoms with van der Waals surface area (Å²) in [5, 5.41) is 9.02. The van der Waals surface area contributed by atoms with Gasteiger partial charge in [-0.3, -0.25) is 4.79 Å². The molecule has 1 aromatic heterocycles. The lowest BCUT2D eigenvalue weighted by atomic mass is 10.4. The lowest BCUT2D eigenvalue weighted by Gasteiger charge is -2.03. The van der Waals surface area contributed by atoms with Crippen LogP contribution in [0.4, 0.5) is 0 Å². The molecule has 70 valence electrons. The number of nitrogens with zero attached hydrogens (tertiary/aromatic N) is 2. The first-order valence-corrected chi connectivity index (χ1v) is 4.57. The molecule has 0 saturated heterocycles. The van der Waals surface area contributed by atoms with Gasteiger partial charge in [0.25, 0.3) is 0 Å². The first kappa shape index (κ1) is 9.94. The fourth-order valence-electron chi connectivity index (χ4n) is 0.596. The Hall–Kier alpha value is -1.14. The van der Waals surface area contributed by atoms with Crippen molar-refractivity contribution < 1.29 is 9.90 Å². The largest absolute Gasteiger partial charge is 0.480 e. The maximum atomic E-state index is 10.3. The summed E-state index contributed by atoms with van der Waals surface area (Å²) in [6, 6.07) is 0.829. The Bertz CT molecular complexity index is 280. The summed E-state index contributed by atoms with van der Waals surface area (Å²) in [5.74, 6) is -0.734. The van der Waals surface area contributed by atoms with Crippen molar-refractivity contribution >= 4 is 17.7 Å². The van der Waals surface area contributed by atoms with E-state index in [9.17, 15) is 4.79 Å². The monoisotopic (exact) mass is 199 g/mol. The van der Waals surface area contributed by atoms with E-state index in [0.29, 0.717) is 5.16 Å². The Labute approximate surface area is 79.4 Å². The summed E-state index contributed by atoms with van der Waals surface area (Å²) in [6.07, 6.45) is 3.20. The van der Waals surface area contributed by atoms with Crippen molar-refractivity contribution in [3.05, 3.63) is 18.5 Å². The topological polar surface area (TPSA) is 89.1 Å². The van der Waals surface area contributed by atoms with E-state index in [1.807, 2.05) is 0 Å². The molecule has 0 spiro atoms. The highest BCUT2D eigenvalue weighted by molar-refractivity contribution is 7.99. The van der Waals surface area contributed by atoms with Crippen molar-refractivity contribution in [3.63, 3.8) is 0 Å². The first-order chi connectivity index (χ1) is 6.20. The number of carboxylic acid groups (broad SMARTS) is 1. The molecule has 1 unspecified atom stereocenters. The zero-order chi connectivity index (χ0) is 9.68. The number of rotatable bonds is 4. The van der Waals surface area contributed by atoms with Crippen LogP contribution in [0.5, 0.6) is 0 Å². The summed E-state index contributed by atoms with van der Waals surface area (Å²) < 4.78 is 0. The molecule has 5 nitrogen and oxygen atoms in total. The molecule has 1 atom stereocenters. The van der Waals surface area contributed by atoms with Gasteiger partial charge in [0, 0.05) is 18.1 Å². The Balaban J connectivity index is 2.39. The smallest absolute Gasteiger partial charge is 0.321 e. The molecule has 0 saturated carbocycles. The van der Waals surface area contributed by atoms with Crippen LogP contribution in [-0.4, -0.2) is 32.8 Å². The van der Waals surface area contributed by atoms with Gasteiger partial charge in [-0.25, -0.2) is 9.97 Å². The van der Waals surface area contributed by atoms with E-state index < -0.39 is 12.0 Å². The van der Waals surface area contributed by atoms with Crippen LogP contribution < -0.4 is 5.73 Å². The van der Waals surface area contributed by atoms with E-state index in [2.05, 4.69) is 9.97 Å². The molecule has 0 aromatic carbocycles. The minimum atomic E-state index is -1.01. The third kappa shape index (κ3) is 3.39. The molecule has 13 heavy (non-hydrogen) atoms. The second-order valence-electron chi connectivity index (χ2n) is 2.29. The molecule has 3 N–H and O–H groups in total. The van der Waals surface area contributed by atoms with E-state index in [1.165, 1.54) is 11.8 Å². The fourth-order valence-corrected chi connectivity index (χ4v) is 1.34. The van der Waals surface area contributed by atoms with Crippen LogP contribution in [0, 0.1) is 0 Å². The number of thioether (sulfide) groups is 1. The molecule has 6 heteroatoms. The van der Waals surface area contributed by atoms with Gasteiger partial charge in [-0.1, -0.05) is 11.8 Å². The summed E-state index contributed by atoms with van der Waals surface area (Å²) in [6.45, 7) is 0. The van der Waals surface area contributed by atoms with Crippen LogP contribution in [0.25, 0.3) is 0 Å². The van der Waals surface area contributed by atoms with Crippen molar-refractivity contribution in [2.24, 2.45) is 5.73 Å². The molecule has 1 aromatic rings. The number of hydrogen-bond donors (Lipinski definition) is 2. The van der Waals surface area contributed by atoms with Crippen LogP contribution in [0.15, 0.2) is 23.6 Å². The SMILES string of the molecule is NC(CSc1ncccn1)C(=O)O. The maximum Gasteiger partial charge on any atom is 0.321 e. The summed E-state index contributed by atoms with van der Waals surface area (Å²) in [4.78, 5) is 18.2. The highest BCUT2D eigenvalue weighted by Gasteiger charge is 2.11. The molecule has 1 heterocycles. The van der Waals surface area contributed by atoms with Gasteiger partial charge >= 0.3 is 5.97 Å². The van der Waals surface area contributed by atoms with Crippen LogP contribution in [0.2, 0.25) is 0 Å². The normalized spacial score (nSPS) is 12.4. The Morgan fingerprint density at radius 3 is 2.77 bits per heavy atom. The van der Waals surface area contributed by atoms with Gasteiger partial charge in [0.15, 0.2) is 5.16 Å². The Morgan fingerprint density at radius 2 is 2.23 bits per heavy atom. The lowest BCUT2D eigenvalue weighted by molar-refractivity contribution is -0.137. The average molecular weight is 199 g/mol. The number of carboxylic acids is 1. The molecular weight excluding hydrogens is 190 g/mol. The average Bonchev–Trinajstić information content (AvgIpc) is 2.15. The van der Waals surface area contributed by atoms with Gasteiger partial charge in [-0.15, -0.1) is 0 Å². The molecule has 0 fully saturated rings. The highest BCUT2D eigenvalue weighted by atomic mass is 32.2. The second kappa shape index (κ2) is 4.78. The minimum Gasteiger partial charge on any atom is -0.480 e. The Kier molecular flexibility index (Phi) is 3.66. The summed E-state index contributed by atoms with van der Waals surface area (Å²) in [5.41, 5.74) is 5.29. The molecule has 0 amide bonds. The minimum absolute atomic E-state index is 0.277. The van der Waals surface area contributed by atoms with Gasteiger partial charge in [0.1, 0.15) is 6.04 Å². The highest BCUT2D eigenvalue weighted by Crippen LogP contribution is 2.11. The van der Waals surface area contributed by atoms with E-state index in [-0.39, 0.29) is 5.75 Å². The fraction of sp³-hybridized carbons (Fsp3) is 0.286. The zero-order valence-electron chi connectivity index (χ0n) is 6.75. The summed E-state index contributed by atoms with van der Waals surface area (Å²) in [7, 11) is 0. The maximum absolute atomic E-state index is 10.3. The number of aromatic nitrogens is 2. The van der Waals surface area contributed by atoms with Crippen molar-refractivity contribution in [1.29, 1.82) is 0 Å². The van der Waals surface area contributed by atoms with Gasteiger partial charge in [0.05, 0.1) is 0 Å². The van der Waals surface area contributed by atoms with E-state index in [1.54, 1.807) is 18.5 Å². The van der Waals surface area contributed by atoms with Crippen LogP contribution in [0.3, 0.4) is 0 Å². The second-order valence-corrected chi connectivity index (χ2v) is 3.27. The van der Waals surface area contributed by atoms with Crippen molar-refractivity contribution in [2.45, 2.75) is 11.2 Å². The van der Waals surface area contributed by atoms with Crippen LogP contribution >= 0.6 is 11.8 Å². The van der Waals surface area contributed by atoms with E-state index in [0.717, 1.165) is 0 Å². The number of nitrogens with two attached hydrogens (primary N) is 1. The van der Waals surface area contributed by atoms with Gasteiger partial charge in [-0.05, 0) is 6.07 Å². The Morgan fingerprint density at radius 1 is 1.62 bits per heavy atom. The molecule has 0 aliphatic carbocycles. The predicted octanol–water partition coefficient (Wildman–Crippen LogP) is -0.0194. The van der Waals surface area contributed by atoms with E-state index >= 15 is 0 Å². The van der Waals surface area contributed by atoms with Gasteiger partial charge < -0.3 is 10.8 Å².